The predicted octanol–water partition coefficient (Wildman–Crippen LogP) is 4.23. The minimum absolute atomic E-state index is 0.496. The van der Waals surface area contributed by atoms with Crippen molar-refractivity contribution < 1.29 is 0 Å². The van der Waals surface area contributed by atoms with Gasteiger partial charge in [-0.25, -0.2) is 0 Å². The zero-order valence-corrected chi connectivity index (χ0v) is 14.1. The summed E-state index contributed by atoms with van der Waals surface area (Å²) < 4.78 is 0. The predicted molar refractivity (Wildman–Crippen MR) is 97.9 cm³/mol. The molecule has 122 valence electrons. The Bertz CT molecular complexity index is 808. The molecule has 0 fully saturated rings. The van der Waals surface area contributed by atoms with Crippen molar-refractivity contribution in [2.45, 2.75) is 13.3 Å². The van der Waals surface area contributed by atoms with Crippen LogP contribution in [0.2, 0.25) is 5.02 Å². The minimum Gasteiger partial charge on any atom is -0.353 e. The van der Waals surface area contributed by atoms with Crippen LogP contribution < -0.4 is 10.6 Å². The molecule has 0 unspecified atom stereocenters. The molecule has 1 aromatic heterocycles. The van der Waals surface area contributed by atoms with Gasteiger partial charge in [0.2, 0.25) is 5.95 Å². The van der Waals surface area contributed by atoms with Crippen molar-refractivity contribution in [1.29, 1.82) is 0 Å². The highest BCUT2D eigenvalue weighted by molar-refractivity contribution is 6.31. The van der Waals surface area contributed by atoms with Crippen LogP contribution in [0.3, 0.4) is 0 Å². The molecular formula is C18H18ClN5. The van der Waals surface area contributed by atoms with Crippen LogP contribution in [0.25, 0.3) is 0 Å². The van der Waals surface area contributed by atoms with E-state index in [1.54, 1.807) is 6.20 Å². The molecule has 1 heterocycles. The Hall–Kier alpha value is -2.66. The van der Waals surface area contributed by atoms with Crippen molar-refractivity contribution >= 4 is 29.1 Å². The van der Waals surface area contributed by atoms with Crippen LogP contribution >= 0.6 is 11.6 Å². The number of anilines is 3. The number of hydrogen-bond donors (Lipinski definition) is 2. The van der Waals surface area contributed by atoms with Crippen molar-refractivity contribution in [3.05, 3.63) is 70.9 Å². The number of rotatable bonds is 6. The second-order valence-corrected chi connectivity index (χ2v) is 5.77. The van der Waals surface area contributed by atoms with Crippen LogP contribution in [0.5, 0.6) is 0 Å². The maximum absolute atomic E-state index is 6.14. The first kappa shape index (κ1) is 16.2. The summed E-state index contributed by atoms with van der Waals surface area (Å²) in [5.74, 6) is 1.12. The first-order chi connectivity index (χ1) is 11.7. The number of aromatic nitrogens is 3. The molecule has 0 atom stereocenters. The summed E-state index contributed by atoms with van der Waals surface area (Å²) in [4.78, 5) is 4.43. The van der Waals surface area contributed by atoms with Gasteiger partial charge in [-0.05, 0) is 36.6 Å². The quantitative estimate of drug-likeness (QED) is 0.703. The molecule has 2 N–H and O–H groups in total. The Morgan fingerprint density at radius 3 is 2.71 bits per heavy atom. The highest BCUT2D eigenvalue weighted by Gasteiger charge is 2.05. The van der Waals surface area contributed by atoms with Crippen molar-refractivity contribution in [3.8, 4) is 0 Å². The van der Waals surface area contributed by atoms with Crippen molar-refractivity contribution in [2.75, 3.05) is 17.2 Å². The topological polar surface area (TPSA) is 62.7 Å². The van der Waals surface area contributed by atoms with Crippen LogP contribution in [0, 0.1) is 6.92 Å². The molecule has 3 aromatic rings. The first-order valence-electron chi connectivity index (χ1n) is 7.72. The standard InChI is InChI=1S/C18H18ClN5/c1-13-15(19)8-5-9-16(13)22-17-12-21-24-18(23-17)20-11-10-14-6-3-2-4-7-14/h2-9,12H,10-11H2,1H3,(H2,20,22,23,24). The SMILES string of the molecule is Cc1c(Cl)cccc1Nc1cnnc(NCCc2ccccc2)n1. The average molecular weight is 340 g/mol. The Labute approximate surface area is 146 Å². The highest BCUT2D eigenvalue weighted by Crippen LogP contribution is 2.25. The van der Waals surface area contributed by atoms with Crippen LogP contribution in [0.4, 0.5) is 17.5 Å². The molecule has 2 aromatic carbocycles. The van der Waals surface area contributed by atoms with Crippen LogP contribution in [-0.4, -0.2) is 21.7 Å². The number of hydrogen-bond acceptors (Lipinski definition) is 5. The van der Waals surface area contributed by atoms with Crippen molar-refractivity contribution in [2.24, 2.45) is 0 Å². The largest absolute Gasteiger partial charge is 0.353 e. The van der Waals surface area contributed by atoms with Gasteiger partial charge in [0.25, 0.3) is 0 Å². The number of nitrogens with zero attached hydrogens (tertiary/aromatic N) is 3. The van der Waals surface area contributed by atoms with E-state index in [9.17, 15) is 0 Å². The Kier molecular flexibility index (Phi) is 5.23. The molecule has 0 radical (unpaired) electrons. The van der Waals surface area contributed by atoms with Gasteiger partial charge in [-0.2, -0.15) is 10.1 Å². The molecular weight excluding hydrogens is 322 g/mol. The smallest absolute Gasteiger partial charge is 0.244 e. The molecule has 0 aliphatic heterocycles. The van der Waals surface area contributed by atoms with Gasteiger partial charge >= 0.3 is 0 Å². The van der Waals surface area contributed by atoms with E-state index >= 15 is 0 Å². The fourth-order valence-electron chi connectivity index (χ4n) is 2.28. The number of halogens is 1. The molecule has 24 heavy (non-hydrogen) atoms. The summed E-state index contributed by atoms with van der Waals surface area (Å²) in [5, 5.41) is 15.1. The van der Waals surface area contributed by atoms with Gasteiger partial charge in [0, 0.05) is 17.3 Å². The van der Waals surface area contributed by atoms with Crippen LogP contribution in [0.15, 0.2) is 54.7 Å². The fourth-order valence-corrected chi connectivity index (χ4v) is 2.46. The fraction of sp³-hybridized carbons (Fsp3) is 0.167. The molecule has 0 spiro atoms. The number of benzene rings is 2. The molecule has 0 amide bonds. The third-order valence-electron chi connectivity index (χ3n) is 3.63. The summed E-state index contributed by atoms with van der Waals surface area (Å²) in [5.41, 5.74) is 3.14. The molecule has 0 saturated carbocycles. The summed E-state index contributed by atoms with van der Waals surface area (Å²) in [6.45, 7) is 2.70. The molecule has 0 saturated heterocycles. The molecule has 0 aliphatic carbocycles. The zero-order valence-electron chi connectivity index (χ0n) is 13.3. The highest BCUT2D eigenvalue weighted by atomic mass is 35.5. The van der Waals surface area contributed by atoms with E-state index in [-0.39, 0.29) is 0 Å². The minimum atomic E-state index is 0.496. The van der Waals surface area contributed by atoms with E-state index in [0.29, 0.717) is 16.8 Å². The van der Waals surface area contributed by atoms with Gasteiger partial charge < -0.3 is 10.6 Å². The van der Waals surface area contributed by atoms with Gasteiger partial charge in [0.15, 0.2) is 5.82 Å². The lowest BCUT2D eigenvalue weighted by Gasteiger charge is -2.10. The second-order valence-electron chi connectivity index (χ2n) is 5.36. The lowest BCUT2D eigenvalue weighted by Crippen LogP contribution is -2.09. The Balaban J connectivity index is 1.62. The van der Waals surface area contributed by atoms with E-state index in [0.717, 1.165) is 24.2 Å². The van der Waals surface area contributed by atoms with Crippen molar-refractivity contribution in [3.63, 3.8) is 0 Å². The van der Waals surface area contributed by atoms with E-state index in [2.05, 4.69) is 37.9 Å². The zero-order chi connectivity index (χ0) is 16.8. The molecule has 0 aliphatic rings. The van der Waals surface area contributed by atoms with Gasteiger partial charge in [0.05, 0.1) is 6.20 Å². The van der Waals surface area contributed by atoms with E-state index < -0.39 is 0 Å². The van der Waals surface area contributed by atoms with Gasteiger partial charge in [-0.3, -0.25) is 0 Å². The van der Waals surface area contributed by atoms with Gasteiger partial charge in [-0.1, -0.05) is 48.0 Å². The van der Waals surface area contributed by atoms with E-state index in [1.807, 2.05) is 43.3 Å². The van der Waals surface area contributed by atoms with E-state index in [1.165, 1.54) is 5.56 Å². The van der Waals surface area contributed by atoms with Crippen LogP contribution in [0.1, 0.15) is 11.1 Å². The maximum atomic E-state index is 6.14. The Morgan fingerprint density at radius 2 is 1.88 bits per heavy atom. The third-order valence-corrected chi connectivity index (χ3v) is 4.04. The third kappa shape index (κ3) is 4.20. The second kappa shape index (κ2) is 7.75. The molecule has 0 bridgehead atoms. The summed E-state index contributed by atoms with van der Waals surface area (Å²) in [6.07, 6.45) is 2.48. The lowest BCUT2D eigenvalue weighted by molar-refractivity contribution is 0.929. The van der Waals surface area contributed by atoms with Crippen LogP contribution in [-0.2, 0) is 6.42 Å². The average Bonchev–Trinajstić information content (AvgIpc) is 2.60. The van der Waals surface area contributed by atoms with Gasteiger partial charge in [-0.15, -0.1) is 5.10 Å². The van der Waals surface area contributed by atoms with E-state index in [4.69, 9.17) is 11.6 Å². The molecule has 5 nitrogen and oxygen atoms in total. The molecule has 3 rings (SSSR count). The lowest BCUT2D eigenvalue weighted by atomic mass is 10.1. The monoisotopic (exact) mass is 339 g/mol. The van der Waals surface area contributed by atoms with Gasteiger partial charge in [0.1, 0.15) is 0 Å². The summed E-state index contributed by atoms with van der Waals surface area (Å²) >= 11 is 6.14. The van der Waals surface area contributed by atoms with Crippen molar-refractivity contribution in [1.82, 2.24) is 15.2 Å². The first-order valence-corrected chi connectivity index (χ1v) is 8.10. The molecule has 6 heteroatoms. The normalized spacial score (nSPS) is 10.4. The maximum Gasteiger partial charge on any atom is 0.244 e. The summed E-state index contributed by atoms with van der Waals surface area (Å²) in [7, 11) is 0. The number of nitrogens with one attached hydrogen (secondary N) is 2. The summed E-state index contributed by atoms with van der Waals surface area (Å²) in [6, 6.07) is 16.0. The Morgan fingerprint density at radius 1 is 1.04 bits per heavy atom.